The highest BCUT2D eigenvalue weighted by atomic mass is 19.1. The molecule has 0 N–H and O–H groups in total. The van der Waals surface area contributed by atoms with Gasteiger partial charge in [0.15, 0.2) is 0 Å². The number of aromatic nitrogens is 2. The molecule has 0 radical (unpaired) electrons. The summed E-state index contributed by atoms with van der Waals surface area (Å²) < 4.78 is 12.8. The quantitative estimate of drug-likeness (QED) is 0.777. The van der Waals surface area contributed by atoms with Crippen molar-refractivity contribution in [2.75, 3.05) is 13.1 Å². The summed E-state index contributed by atoms with van der Waals surface area (Å²) in [4.78, 5) is 10.0. The standard InChI is InChI=1S/C16H22FN3/c17-15-18-10-13(11-19-15)12-2-6-20(7-3-12)14-8-16(9-14)4-1-5-16/h10-12,14H,1-9H2. The molecule has 1 aromatic heterocycles. The second-order valence-corrected chi connectivity index (χ2v) is 7.01. The number of nitrogens with zero attached hydrogens (tertiary/aromatic N) is 3. The van der Waals surface area contributed by atoms with Gasteiger partial charge >= 0.3 is 6.08 Å². The van der Waals surface area contributed by atoms with Gasteiger partial charge in [0, 0.05) is 18.4 Å². The van der Waals surface area contributed by atoms with Crippen molar-refractivity contribution in [3.8, 4) is 0 Å². The molecule has 4 rings (SSSR count). The SMILES string of the molecule is Fc1ncc(C2CCN(C3CC4(CCC4)C3)CC2)cn1. The average molecular weight is 275 g/mol. The molecule has 0 amide bonds. The predicted octanol–water partition coefficient (Wildman–Crippen LogP) is 3.13. The largest absolute Gasteiger partial charge is 0.308 e. The van der Waals surface area contributed by atoms with Crippen molar-refractivity contribution >= 4 is 0 Å². The maximum atomic E-state index is 12.8. The maximum absolute atomic E-state index is 12.8. The number of rotatable bonds is 2. The highest BCUT2D eigenvalue weighted by Gasteiger charge is 2.50. The highest BCUT2D eigenvalue weighted by Crippen LogP contribution is 2.57. The molecular formula is C16H22FN3. The number of halogens is 1. The molecule has 4 heteroatoms. The Morgan fingerprint density at radius 1 is 1.10 bits per heavy atom. The van der Waals surface area contributed by atoms with Gasteiger partial charge in [-0.05, 0) is 68.5 Å². The highest BCUT2D eigenvalue weighted by molar-refractivity contribution is 5.12. The Bertz CT molecular complexity index is 467. The molecule has 0 aromatic carbocycles. The van der Waals surface area contributed by atoms with Gasteiger partial charge in [-0.25, -0.2) is 9.97 Å². The van der Waals surface area contributed by atoms with E-state index in [-0.39, 0.29) is 0 Å². The first-order valence-electron chi connectivity index (χ1n) is 7.96. The van der Waals surface area contributed by atoms with Crippen LogP contribution in [0.5, 0.6) is 0 Å². The molecule has 0 bridgehead atoms. The lowest BCUT2D eigenvalue weighted by Crippen LogP contribution is -2.55. The third kappa shape index (κ3) is 2.14. The van der Waals surface area contributed by atoms with Gasteiger partial charge in [-0.2, -0.15) is 4.39 Å². The maximum Gasteiger partial charge on any atom is 0.308 e. The smallest absolute Gasteiger partial charge is 0.300 e. The summed E-state index contributed by atoms with van der Waals surface area (Å²) in [5.41, 5.74) is 1.88. The Kier molecular flexibility index (Phi) is 3.02. The van der Waals surface area contributed by atoms with Crippen molar-refractivity contribution in [3.05, 3.63) is 24.0 Å². The van der Waals surface area contributed by atoms with Gasteiger partial charge in [-0.3, -0.25) is 0 Å². The van der Waals surface area contributed by atoms with Gasteiger partial charge in [0.05, 0.1) is 0 Å². The van der Waals surface area contributed by atoms with E-state index in [2.05, 4.69) is 14.9 Å². The van der Waals surface area contributed by atoms with Crippen LogP contribution in [0, 0.1) is 11.5 Å². The number of piperidine rings is 1. The molecule has 1 aliphatic heterocycles. The van der Waals surface area contributed by atoms with Gasteiger partial charge in [-0.1, -0.05) is 6.42 Å². The lowest BCUT2D eigenvalue weighted by molar-refractivity contribution is -0.0611. The van der Waals surface area contributed by atoms with Crippen LogP contribution in [0.15, 0.2) is 12.4 Å². The summed E-state index contributed by atoms with van der Waals surface area (Å²) in [5, 5.41) is 0. The number of hydrogen-bond acceptors (Lipinski definition) is 3. The topological polar surface area (TPSA) is 29.0 Å². The molecular weight excluding hydrogens is 253 g/mol. The summed E-state index contributed by atoms with van der Waals surface area (Å²) in [6.07, 6.45) is 12.3. The van der Waals surface area contributed by atoms with Crippen LogP contribution < -0.4 is 0 Å². The zero-order valence-electron chi connectivity index (χ0n) is 11.9. The van der Waals surface area contributed by atoms with E-state index in [9.17, 15) is 4.39 Å². The van der Waals surface area contributed by atoms with Crippen LogP contribution in [0.3, 0.4) is 0 Å². The van der Waals surface area contributed by atoms with Crippen LogP contribution in [0.25, 0.3) is 0 Å². The minimum absolute atomic E-state index is 0.518. The van der Waals surface area contributed by atoms with E-state index < -0.39 is 6.08 Å². The minimum Gasteiger partial charge on any atom is -0.300 e. The summed E-state index contributed by atoms with van der Waals surface area (Å²) in [5.74, 6) is 0.518. The van der Waals surface area contributed by atoms with Crippen LogP contribution in [0.2, 0.25) is 0 Å². The van der Waals surface area contributed by atoms with Gasteiger partial charge in [0.2, 0.25) is 0 Å². The molecule has 3 nitrogen and oxygen atoms in total. The molecule has 20 heavy (non-hydrogen) atoms. The van der Waals surface area contributed by atoms with Crippen molar-refractivity contribution in [2.24, 2.45) is 5.41 Å². The van der Waals surface area contributed by atoms with Crippen LogP contribution in [-0.4, -0.2) is 34.0 Å². The van der Waals surface area contributed by atoms with Crippen molar-refractivity contribution in [3.63, 3.8) is 0 Å². The second-order valence-electron chi connectivity index (χ2n) is 7.01. The van der Waals surface area contributed by atoms with E-state index in [1.807, 2.05) is 0 Å². The molecule has 2 aliphatic carbocycles. The van der Waals surface area contributed by atoms with Gasteiger partial charge < -0.3 is 4.90 Å². The molecule has 108 valence electrons. The first-order chi connectivity index (χ1) is 9.74. The van der Waals surface area contributed by atoms with Crippen LogP contribution in [0.1, 0.15) is 56.4 Å². The van der Waals surface area contributed by atoms with Crippen molar-refractivity contribution < 1.29 is 4.39 Å². The number of likely N-dealkylation sites (tertiary alicyclic amines) is 1. The number of hydrogen-bond donors (Lipinski definition) is 0. The minimum atomic E-state index is -0.619. The van der Waals surface area contributed by atoms with E-state index >= 15 is 0 Å². The van der Waals surface area contributed by atoms with Crippen molar-refractivity contribution in [1.82, 2.24) is 14.9 Å². The lowest BCUT2D eigenvalue weighted by Gasteiger charge is -2.58. The average Bonchev–Trinajstić information content (AvgIpc) is 2.37. The fraction of sp³-hybridized carbons (Fsp3) is 0.750. The first kappa shape index (κ1) is 12.7. The Morgan fingerprint density at radius 2 is 1.75 bits per heavy atom. The van der Waals surface area contributed by atoms with E-state index in [0.717, 1.165) is 17.0 Å². The van der Waals surface area contributed by atoms with Crippen molar-refractivity contribution in [1.29, 1.82) is 0 Å². The molecule has 2 heterocycles. The molecule has 2 saturated carbocycles. The zero-order valence-corrected chi connectivity index (χ0v) is 11.9. The van der Waals surface area contributed by atoms with Crippen LogP contribution in [-0.2, 0) is 0 Å². The molecule has 1 saturated heterocycles. The molecule has 1 aromatic rings. The third-order valence-corrected chi connectivity index (χ3v) is 5.91. The summed E-state index contributed by atoms with van der Waals surface area (Å²) in [6, 6.07) is 0.848. The monoisotopic (exact) mass is 275 g/mol. The van der Waals surface area contributed by atoms with Crippen LogP contribution in [0.4, 0.5) is 4.39 Å². The summed E-state index contributed by atoms with van der Waals surface area (Å²) in [6.45, 7) is 2.37. The Labute approximate surface area is 119 Å². The first-order valence-corrected chi connectivity index (χ1v) is 7.96. The van der Waals surface area contributed by atoms with E-state index in [0.29, 0.717) is 5.92 Å². The van der Waals surface area contributed by atoms with E-state index in [1.54, 1.807) is 12.4 Å². The molecule has 3 fully saturated rings. The second kappa shape index (κ2) is 4.76. The van der Waals surface area contributed by atoms with Gasteiger partial charge in [0.1, 0.15) is 0 Å². The van der Waals surface area contributed by atoms with E-state index in [1.165, 1.54) is 58.0 Å². The Balaban J connectivity index is 1.31. The normalized spacial score (nSPS) is 27.2. The van der Waals surface area contributed by atoms with Gasteiger partial charge in [-0.15, -0.1) is 0 Å². The van der Waals surface area contributed by atoms with Crippen LogP contribution >= 0.6 is 0 Å². The van der Waals surface area contributed by atoms with Crippen molar-refractivity contribution in [2.45, 2.75) is 56.9 Å². The molecule has 0 unspecified atom stereocenters. The molecule has 0 atom stereocenters. The summed E-state index contributed by atoms with van der Waals surface area (Å²) >= 11 is 0. The Hall–Kier alpha value is -1.03. The fourth-order valence-corrected chi connectivity index (χ4v) is 4.41. The third-order valence-electron chi connectivity index (χ3n) is 5.91. The zero-order chi connectivity index (χ0) is 13.6. The summed E-state index contributed by atoms with van der Waals surface area (Å²) in [7, 11) is 0. The molecule has 3 aliphatic rings. The fourth-order valence-electron chi connectivity index (χ4n) is 4.41. The molecule has 1 spiro atoms. The Morgan fingerprint density at radius 3 is 2.30 bits per heavy atom. The van der Waals surface area contributed by atoms with Gasteiger partial charge in [0.25, 0.3) is 0 Å². The predicted molar refractivity (Wildman–Crippen MR) is 74.8 cm³/mol. The van der Waals surface area contributed by atoms with E-state index in [4.69, 9.17) is 0 Å². The lowest BCUT2D eigenvalue weighted by atomic mass is 9.53.